The zero-order valence-electron chi connectivity index (χ0n) is 21.6. The summed E-state index contributed by atoms with van der Waals surface area (Å²) in [6, 6.07) is 6.60. The molecular formula is C28H33F2NO6. The van der Waals surface area contributed by atoms with E-state index in [4.69, 9.17) is 14.6 Å². The number of benzene rings is 2. The average Bonchev–Trinajstić information content (AvgIpc) is 2.81. The van der Waals surface area contributed by atoms with E-state index in [1.807, 2.05) is 6.07 Å². The number of carboxylic acids is 1. The Morgan fingerprint density at radius 1 is 1.08 bits per heavy atom. The number of carbonyl (C=O) groups excluding carboxylic acids is 2. The number of halogens is 2. The number of hydrogen-bond acceptors (Lipinski definition) is 5. The highest BCUT2D eigenvalue weighted by Crippen LogP contribution is 2.35. The lowest BCUT2D eigenvalue weighted by Crippen LogP contribution is -2.44. The number of aliphatic carboxylic acids is 1. The highest BCUT2D eigenvalue weighted by Gasteiger charge is 2.36. The number of carbonyl (C=O) groups is 3. The van der Waals surface area contributed by atoms with Gasteiger partial charge in [0, 0.05) is 43.9 Å². The zero-order valence-corrected chi connectivity index (χ0v) is 21.6. The first-order valence-corrected chi connectivity index (χ1v) is 12.2. The Labute approximate surface area is 215 Å². The Bertz CT molecular complexity index is 1160. The molecule has 0 bridgehead atoms. The number of amides is 1. The summed E-state index contributed by atoms with van der Waals surface area (Å²) in [6.07, 6.45) is 0.183. The van der Waals surface area contributed by atoms with Gasteiger partial charge in [-0.3, -0.25) is 14.4 Å². The molecule has 1 amide bonds. The van der Waals surface area contributed by atoms with E-state index in [0.717, 1.165) is 17.7 Å². The van der Waals surface area contributed by atoms with Crippen LogP contribution < -0.4 is 4.74 Å². The molecule has 0 aliphatic carbocycles. The molecule has 200 valence electrons. The second kappa shape index (κ2) is 11.8. The molecule has 2 aromatic rings. The number of ether oxygens (including phenoxy) is 2. The molecule has 9 heteroatoms. The van der Waals surface area contributed by atoms with E-state index >= 15 is 8.78 Å². The fourth-order valence-corrected chi connectivity index (χ4v) is 4.99. The molecule has 0 unspecified atom stereocenters. The summed E-state index contributed by atoms with van der Waals surface area (Å²) in [6.45, 7) is 3.71. The third-order valence-corrected chi connectivity index (χ3v) is 6.65. The number of carboxylic acid groups (broad SMARTS) is 1. The van der Waals surface area contributed by atoms with Crippen molar-refractivity contribution in [3.05, 3.63) is 64.2 Å². The van der Waals surface area contributed by atoms with E-state index in [9.17, 15) is 14.4 Å². The lowest BCUT2D eigenvalue weighted by atomic mass is 9.83. The van der Waals surface area contributed by atoms with Gasteiger partial charge < -0.3 is 19.5 Å². The van der Waals surface area contributed by atoms with Gasteiger partial charge in [0.15, 0.2) is 5.78 Å². The van der Waals surface area contributed by atoms with Gasteiger partial charge in [0.2, 0.25) is 5.91 Å². The molecule has 1 aliphatic rings. The molecule has 2 aromatic carbocycles. The van der Waals surface area contributed by atoms with Crippen LogP contribution in [-0.4, -0.2) is 55.0 Å². The van der Waals surface area contributed by atoms with Gasteiger partial charge in [-0.05, 0) is 53.8 Å². The van der Waals surface area contributed by atoms with Gasteiger partial charge in [-0.1, -0.05) is 19.9 Å². The number of rotatable bonds is 11. The molecule has 0 aromatic heterocycles. The maximum absolute atomic E-state index is 15.0. The first-order valence-electron chi connectivity index (χ1n) is 12.2. The highest BCUT2D eigenvalue weighted by molar-refractivity contribution is 5.92. The van der Waals surface area contributed by atoms with Gasteiger partial charge in [-0.2, -0.15) is 0 Å². The minimum Gasteiger partial charge on any atom is -0.497 e. The molecule has 0 radical (unpaired) electrons. The lowest BCUT2D eigenvalue weighted by Gasteiger charge is -2.37. The SMILES string of the molecule is COCC(C)(C)c1c(F)cc(CC(=O)[C@H]2c3ccc(OC)cc3CCN2C(=O)CCCC(=O)O)cc1F. The van der Waals surface area contributed by atoms with Crippen molar-refractivity contribution >= 4 is 17.7 Å². The van der Waals surface area contributed by atoms with E-state index < -0.39 is 29.1 Å². The van der Waals surface area contributed by atoms with Crippen molar-refractivity contribution in [2.45, 2.75) is 57.4 Å². The molecule has 0 saturated carbocycles. The highest BCUT2D eigenvalue weighted by atomic mass is 19.1. The van der Waals surface area contributed by atoms with Crippen LogP contribution in [0.5, 0.6) is 5.75 Å². The summed E-state index contributed by atoms with van der Waals surface area (Å²) in [4.78, 5) is 39.0. The molecule has 0 fully saturated rings. The smallest absolute Gasteiger partial charge is 0.303 e. The van der Waals surface area contributed by atoms with Crippen molar-refractivity contribution in [2.24, 2.45) is 0 Å². The number of ketones is 1. The van der Waals surface area contributed by atoms with Crippen LogP contribution in [0.25, 0.3) is 0 Å². The molecule has 7 nitrogen and oxygen atoms in total. The predicted molar refractivity (Wildman–Crippen MR) is 133 cm³/mol. The molecule has 1 N–H and O–H groups in total. The second-order valence-electron chi connectivity index (χ2n) is 9.95. The molecule has 1 heterocycles. The standard InChI is InChI=1S/C28H33F2NO6/c1-28(2,16-36-3)26-21(29)12-17(13-22(26)30)14-23(32)27-20-9-8-19(37-4)15-18(20)10-11-31(27)24(33)6-5-7-25(34)35/h8-9,12-13,15,27H,5-7,10-11,14,16H2,1-4H3,(H,34,35)/t27-/m1/s1. The van der Waals surface area contributed by atoms with Crippen LogP contribution in [0.3, 0.4) is 0 Å². The normalized spacial score (nSPS) is 15.3. The van der Waals surface area contributed by atoms with Gasteiger partial charge in [-0.25, -0.2) is 8.78 Å². The van der Waals surface area contributed by atoms with E-state index in [0.29, 0.717) is 17.7 Å². The van der Waals surface area contributed by atoms with Gasteiger partial charge in [-0.15, -0.1) is 0 Å². The third-order valence-electron chi connectivity index (χ3n) is 6.65. The second-order valence-corrected chi connectivity index (χ2v) is 9.95. The van der Waals surface area contributed by atoms with Gasteiger partial charge >= 0.3 is 5.97 Å². The summed E-state index contributed by atoms with van der Waals surface area (Å²) in [5.74, 6) is -2.64. The first-order chi connectivity index (χ1) is 17.5. The monoisotopic (exact) mass is 517 g/mol. The van der Waals surface area contributed by atoms with E-state index in [1.54, 1.807) is 26.0 Å². The van der Waals surface area contributed by atoms with Crippen LogP contribution >= 0.6 is 0 Å². The lowest BCUT2D eigenvalue weighted by molar-refractivity contribution is -0.141. The predicted octanol–water partition coefficient (Wildman–Crippen LogP) is 4.39. The van der Waals surface area contributed by atoms with Crippen molar-refractivity contribution in [3.63, 3.8) is 0 Å². The number of methoxy groups -OCH3 is 2. The fourth-order valence-electron chi connectivity index (χ4n) is 4.99. The van der Waals surface area contributed by atoms with Gasteiger partial charge in [0.25, 0.3) is 0 Å². The van der Waals surface area contributed by atoms with Crippen LogP contribution in [0.4, 0.5) is 8.78 Å². The minimum atomic E-state index is -1.00. The maximum Gasteiger partial charge on any atom is 0.303 e. The van der Waals surface area contributed by atoms with E-state index in [2.05, 4.69) is 0 Å². The Kier molecular flexibility index (Phi) is 9.02. The molecule has 1 aliphatic heterocycles. The molecule has 37 heavy (non-hydrogen) atoms. The van der Waals surface area contributed by atoms with Gasteiger partial charge in [0.1, 0.15) is 23.4 Å². The molecule has 0 saturated heterocycles. The number of Topliss-reactive ketones (excluding diaryl/α,β-unsaturated/α-hetero) is 1. The molecule has 3 rings (SSSR count). The van der Waals surface area contributed by atoms with Crippen LogP contribution in [0.15, 0.2) is 30.3 Å². The Balaban J connectivity index is 1.92. The minimum absolute atomic E-state index is 0.0197. The van der Waals surface area contributed by atoms with Crippen molar-refractivity contribution in [1.29, 1.82) is 0 Å². The summed E-state index contributed by atoms with van der Waals surface area (Å²) in [7, 11) is 2.99. The summed E-state index contributed by atoms with van der Waals surface area (Å²) >= 11 is 0. The quantitative estimate of drug-likeness (QED) is 0.475. The summed E-state index contributed by atoms with van der Waals surface area (Å²) in [5, 5.41) is 8.91. The molecule has 0 spiro atoms. The Morgan fingerprint density at radius 2 is 1.76 bits per heavy atom. The van der Waals surface area contributed by atoms with Crippen LogP contribution in [0, 0.1) is 11.6 Å². The zero-order chi connectivity index (χ0) is 27.3. The Hall–Kier alpha value is -3.33. The van der Waals surface area contributed by atoms with E-state index in [-0.39, 0.29) is 61.7 Å². The van der Waals surface area contributed by atoms with Crippen molar-refractivity contribution < 1.29 is 37.7 Å². The first kappa shape index (κ1) is 28.2. The van der Waals surface area contributed by atoms with Gasteiger partial charge in [0.05, 0.1) is 13.7 Å². The number of fused-ring (bicyclic) bond motifs is 1. The maximum atomic E-state index is 15.0. The average molecular weight is 518 g/mol. The van der Waals surface area contributed by atoms with Crippen molar-refractivity contribution in [1.82, 2.24) is 4.90 Å². The Morgan fingerprint density at radius 3 is 2.35 bits per heavy atom. The topological polar surface area (TPSA) is 93.1 Å². The van der Waals surface area contributed by atoms with Crippen LogP contribution in [-0.2, 0) is 37.4 Å². The summed E-state index contributed by atoms with van der Waals surface area (Å²) < 4.78 is 40.4. The largest absolute Gasteiger partial charge is 0.497 e. The van der Waals surface area contributed by atoms with Crippen LogP contribution in [0.2, 0.25) is 0 Å². The third kappa shape index (κ3) is 6.52. The van der Waals surface area contributed by atoms with E-state index in [1.165, 1.54) is 19.1 Å². The summed E-state index contributed by atoms with van der Waals surface area (Å²) in [5.41, 5.74) is 0.613. The number of hydrogen-bond donors (Lipinski definition) is 1. The van der Waals surface area contributed by atoms with Crippen molar-refractivity contribution in [2.75, 3.05) is 27.4 Å². The number of nitrogens with zero attached hydrogens (tertiary/aromatic N) is 1. The fraction of sp³-hybridized carbons (Fsp3) is 0.464. The van der Waals surface area contributed by atoms with Crippen LogP contribution in [0.1, 0.15) is 61.4 Å². The molecular weight excluding hydrogens is 484 g/mol. The molecule has 1 atom stereocenters. The van der Waals surface area contributed by atoms with Crippen molar-refractivity contribution in [3.8, 4) is 5.75 Å².